The van der Waals surface area contributed by atoms with Crippen molar-refractivity contribution in [2.75, 3.05) is 19.7 Å². The van der Waals surface area contributed by atoms with Gasteiger partial charge in [0.1, 0.15) is 0 Å². The summed E-state index contributed by atoms with van der Waals surface area (Å²) in [6.45, 7) is 1.17. The number of aliphatic hydroxyl groups excluding tert-OH is 1. The number of aliphatic hydroxyl groups is 1. The molecule has 4 rings (SSSR count). The third-order valence-electron chi connectivity index (χ3n) is 5.69. The van der Waals surface area contributed by atoms with Crippen LogP contribution in [0.2, 0.25) is 0 Å². The van der Waals surface area contributed by atoms with Crippen LogP contribution in [0.3, 0.4) is 0 Å². The van der Waals surface area contributed by atoms with E-state index >= 15 is 0 Å². The Kier molecular flexibility index (Phi) is 4.59. The third kappa shape index (κ3) is 3.05. The normalized spacial score (nSPS) is 24.2. The molecule has 3 atom stereocenters. The standard InChI is InChI=1S/C20H23N3O3/c24-13-18-16-9-15(17-4-1-5-20(26)23(17)18)11-22(12-16)19(25)7-6-14-3-2-8-21-10-14/h1-5,8,10,15-16,18,24H,6-7,9,11-13H2/t15-,16+,18+/m1/s1. The van der Waals surface area contributed by atoms with E-state index in [-0.39, 0.29) is 36.0 Å². The van der Waals surface area contributed by atoms with E-state index in [2.05, 4.69) is 4.98 Å². The van der Waals surface area contributed by atoms with E-state index in [1.165, 1.54) is 0 Å². The van der Waals surface area contributed by atoms with Crippen LogP contribution < -0.4 is 5.56 Å². The number of pyridine rings is 2. The molecule has 0 unspecified atom stereocenters. The van der Waals surface area contributed by atoms with Crippen LogP contribution in [0.25, 0.3) is 0 Å². The fourth-order valence-corrected chi connectivity index (χ4v) is 4.44. The number of piperidine rings is 1. The monoisotopic (exact) mass is 353 g/mol. The first kappa shape index (κ1) is 17.0. The molecule has 2 aromatic heterocycles. The van der Waals surface area contributed by atoms with Crippen LogP contribution in [-0.2, 0) is 11.2 Å². The highest BCUT2D eigenvalue weighted by Gasteiger charge is 2.41. The summed E-state index contributed by atoms with van der Waals surface area (Å²) >= 11 is 0. The van der Waals surface area contributed by atoms with E-state index in [1.807, 2.05) is 23.1 Å². The molecule has 0 radical (unpaired) electrons. The minimum atomic E-state index is -0.246. The lowest BCUT2D eigenvalue weighted by atomic mass is 9.78. The number of nitrogens with zero attached hydrogens (tertiary/aromatic N) is 3. The maximum atomic E-state index is 12.8. The summed E-state index contributed by atoms with van der Waals surface area (Å²) in [6, 6.07) is 8.88. The number of hydrogen-bond acceptors (Lipinski definition) is 4. The zero-order valence-corrected chi connectivity index (χ0v) is 14.6. The minimum Gasteiger partial charge on any atom is -0.394 e. The van der Waals surface area contributed by atoms with Gasteiger partial charge in [0, 0.05) is 55.5 Å². The Balaban J connectivity index is 1.52. The van der Waals surface area contributed by atoms with Crippen molar-refractivity contribution in [3.05, 3.63) is 64.3 Å². The maximum Gasteiger partial charge on any atom is 0.251 e. The molecule has 0 aliphatic carbocycles. The molecule has 2 aliphatic rings. The van der Waals surface area contributed by atoms with Gasteiger partial charge in [0.15, 0.2) is 0 Å². The molecule has 1 fully saturated rings. The van der Waals surface area contributed by atoms with Crippen LogP contribution in [0.1, 0.15) is 36.1 Å². The summed E-state index contributed by atoms with van der Waals surface area (Å²) in [5.41, 5.74) is 1.94. The van der Waals surface area contributed by atoms with Crippen LogP contribution in [0.4, 0.5) is 0 Å². The Bertz CT molecular complexity index is 849. The van der Waals surface area contributed by atoms with Crippen LogP contribution >= 0.6 is 0 Å². The molecule has 1 N–H and O–H groups in total. The van der Waals surface area contributed by atoms with E-state index in [0.717, 1.165) is 17.7 Å². The first-order chi connectivity index (χ1) is 12.7. The molecule has 6 nitrogen and oxygen atoms in total. The van der Waals surface area contributed by atoms with Gasteiger partial charge in [-0.15, -0.1) is 0 Å². The summed E-state index contributed by atoms with van der Waals surface area (Å²) in [4.78, 5) is 31.1. The molecule has 0 spiro atoms. The summed E-state index contributed by atoms with van der Waals surface area (Å²) in [5, 5.41) is 9.88. The number of aromatic nitrogens is 2. The van der Waals surface area contributed by atoms with Crippen molar-refractivity contribution in [1.82, 2.24) is 14.5 Å². The van der Waals surface area contributed by atoms with Crippen molar-refractivity contribution < 1.29 is 9.90 Å². The lowest BCUT2D eigenvalue weighted by molar-refractivity contribution is -0.134. The zero-order valence-electron chi connectivity index (χ0n) is 14.6. The van der Waals surface area contributed by atoms with E-state index < -0.39 is 0 Å². The van der Waals surface area contributed by atoms with Crippen molar-refractivity contribution in [1.29, 1.82) is 0 Å². The molecular formula is C20H23N3O3. The molecule has 6 heteroatoms. The molecule has 26 heavy (non-hydrogen) atoms. The molecule has 1 saturated heterocycles. The van der Waals surface area contributed by atoms with Gasteiger partial charge in [-0.05, 0) is 30.5 Å². The van der Waals surface area contributed by atoms with E-state index in [0.29, 0.717) is 25.9 Å². The number of carbonyl (C=O) groups is 1. The van der Waals surface area contributed by atoms with Gasteiger partial charge in [-0.3, -0.25) is 14.6 Å². The number of carbonyl (C=O) groups excluding carboxylic acids is 1. The molecule has 0 aromatic carbocycles. The fourth-order valence-electron chi connectivity index (χ4n) is 4.44. The second kappa shape index (κ2) is 7.03. The topological polar surface area (TPSA) is 75.4 Å². The van der Waals surface area contributed by atoms with Gasteiger partial charge >= 0.3 is 0 Å². The summed E-state index contributed by atoms with van der Waals surface area (Å²) in [7, 11) is 0. The largest absolute Gasteiger partial charge is 0.394 e. The van der Waals surface area contributed by atoms with E-state index in [1.54, 1.807) is 29.1 Å². The smallest absolute Gasteiger partial charge is 0.251 e. The van der Waals surface area contributed by atoms with E-state index in [4.69, 9.17) is 0 Å². The third-order valence-corrected chi connectivity index (χ3v) is 5.69. The van der Waals surface area contributed by atoms with Gasteiger partial charge in [-0.25, -0.2) is 0 Å². The number of likely N-dealkylation sites (tertiary alicyclic amines) is 1. The van der Waals surface area contributed by atoms with Crippen molar-refractivity contribution in [3.8, 4) is 0 Å². The fraction of sp³-hybridized carbons (Fsp3) is 0.450. The van der Waals surface area contributed by atoms with Crippen LogP contribution in [-0.4, -0.2) is 45.2 Å². The first-order valence-electron chi connectivity index (χ1n) is 9.16. The lowest BCUT2D eigenvalue weighted by Crippen LogP contribution is -2.51. The summed E-state index contributed by atoms with van der Waals surface area (Å²) < 4.78 is 1.75. The number of fused-ring (bicyclic) bond motifs is 4. The van der Waals surface area contributed by atoms with Crippen molar-refractivity contribution in [2.24, 2.45) is 5.92 Å². The van der Waals surface area contributed by atoms with Crippen LogP contribution in [0.5, 0.6) is 0 Å². The zero-order chi connectivity index (χ0) is 18.1. The van der Waals surface area contributed by atoms with Gasteiger partial charge in [0.05, 0.1) is 12.6 Å². The van der Waals surface area contributed by atoms with Crippen LogP contribution in [0, 0.1) is 5.92 Å². The molecule has 2 aromatic rings. The predicted octanol–water partition coefficient (Wildman–Crippen LogP) is 1.36. The minimum absolute atomic E-state index is 0.0624. The predicted molar refractivity (Wildman–Crippen MR) is 96.8 cm³/mol. The highest BCUT2D eigenvalue weighted by molar-refractivity contribution is 5.76. The van der Waals surface area contributed by atoms with Gasteiger partial charge in [0.2, 0.25) is 5.91 Å². The molecule has 2 aliphatic heterocycles. The second-order valence-corrected chi connectivity index (χ2v) is 7.26. The molecule has 2 bridgehead atoms. The summed E-state index contributed by atoms with van der Waals surface area (Å²) in [5.74, 6) is 0.411. The molecule has 0 saturated carbocycles. The van der Waals surface area contributed by atoms with Crippen molar-refractivity contribution in [2.45, 2.75) is 31.2 Å². The summed E-state index contributed by atoms with van der Waals surface area (Å²) in [6.07, 6.45) is 5.57. The highest BCUT2D eigenvalue weighted by atomic mass is 16.3. The lowest BCUT2D eigenvalue weighted by Gasteiger charge is -2.46. The van der Waals surface area contributed by atoms with Gasteiger partial charge < -0.3 is 14.6 Å². The van der Waals surface area contributed by atoms with Gasteiger partial charge in [-0.2, -0.15) is 0 Å². The van der Waals surface area contributed by atoms with Gasteiger partial charge in [-0.1, -0.05) is 12.1 Å². The number of aryl methyl sites for hydroxylation is 1. The first-order valence-corrected chi connectivity index (χ1v) is 9.16. The highest BCUT2D eigenvalue weighted by Crippen LogP contribution is 2.40. The second-order valence-electron chi connectivity index (χ2n) is 7.26. The Hall–Kier alpha value is -2.47. The quantitative estimate of drug-likeness (QED) is 0.900. The number of rotatable bonds is 4. The average molecular weight is 353 g/mol. The Morgan fingerprint density at radius 2 is 2.12 bits per heavy atom. The van der Waals surface area contributed by atoms with Crippen LogP contribution in [0.15, 0.2) is 47.5 Å². The Morgan fingerprint density at radius 3 is 2.88 bits per heavy atom. The maximum absolute atomic E-state index is 12.8. The van der Waals surface area contributed by atoms with Crippen molar-refractivity contribution >= 4 is 5.91 Å². The Labute approximate surface area is 152 Å². The van der Waals surface area contributed by atoms with Crippen molar-refractivity contribution in [3.63, 3.8) is 0 Å². The SMILES string of the molecule is O=C(CCc1cccnc1)N1C[C@H]2C[C@@H](C1)[C@H](CO)n1c2cccc1=O. The molecule has 4 heterocycles. The Morgan fingerprint density at radius 1 is 1.23 bits per heavy atom. The number of hydrogen-bond donors (Lipinski definition) is 1. The number of amides is 1. The van der Waals surface area contributed by atoms with Gasteiger partial charge in [0.25, 0.3) is 5.56 Å². The molecule has 1 amide bonds. The average Bonchev–Trinajstić information content (AvgIpc) is 2.68. The van der Waals surface area contributed by atoms with E-state index in [9.17, 15) is 14.7 Å². The molecule has 136 valence electrons. The molecular weight excluding hydrogens is 330 g/mol.